The molecule has 0 aromatic heterocycles. The molecule has 1 aliphatic rings. The lowest BCUT2D eigenvalue weighted by Crippen LogP contribution is -2.65. The molecule has 0 bridgehead atoms. The van der Waals surface area contributed by atoms with E-state index >= 15 is 0 Å². The van der Waals surface area contributed by atoms with Gasteiger partial charge in [0.15, 0.2) is 0 Å². The predicted molar refractivity (Wildman–Crippen MR) is 240 cm³/mol. The lowest BCUT2D eigenvalue weighted by molar-refractivity contribution is -0.378. The fourth-order valence-corrected chi connectivity index (χ4v) is 14.5. The van der Waals surface area contributed by atoms with Crippen molar-refractivity contribution >= 4 is 24.2 Å². The number of rotatable bonds is 20. The Kier molecular flexibility index (Phi) is 16.3. The maximum atomic E-state index is 13.4. The van der Waals surface area contributed by atoms with Gasteiger partial charge in [-0.2, -0.15) is 0 Å². The van der Waals surface area contributed by atoms with Crippen LogP contribution >= 0.6 is 15.9 Å². The Labute approximate surface area is 361 Å². The highest BCUT2D eigenvalue weighted by atomic mass is 79.9. The summed E-state index contributed by atoms with van der Waals surface area (Å²) >= 11 is 3.83. The van der Waals surface area contributed by atoms with Gasteiger partial charge in [0.05, 0.1) is 39.6 Å². The SMILES string of the molecule is CC(C)[Si](OCc1cc(C2(O)O[C@H](COCc3ccccc3)[C@@H](OCc3ccccc3)[C@H](OCc3ccccc3)[C@H]2OCc2ccccc2)ccc1Br)(C(C)C)C(C)C. The van der Waals surface area contributed by atoms with Crippen LogP contribution in [0.15, 0.2) is 144 Å². The molecule has 0 amide bonds. The van der Waals surface area contributed by atoms with Crippen LogP contribution in [0.4, 0.5) is 0 Å². The topological polar surface area (TPSA) is 75.6 Å². The van der Waals surface area contributed by atoms with E-state index in [4.69, 9.17) is 28.1 Å². The van der Waals surface area contributed by atoms with E-state index in [0.29, 0.717) is 42.0 Å². The zero-order valence-electron chi connectivity index (χ0n) is 35.3. The molecule has 7 nitrogen and oxygen atoms in total. The van der Waals surface area contributed by atoms with Crippen molar-refractivity contribution in [3.8, 4) is 0 Å². The molecule has 0 saturated carbocycles. The number of hydrogen-bond acceptors (Lipinski definition) is 7. The lowest BCUT2D eigenvalue weighted by atomic mass is 9.87. The maximum absolute atomic E-state index is 13.4. The average Bonchev–Trinajstić information content (AvgIpc) is 3.24. The van der Waals surface area contributed by atoms with Crippen LogP contribution in [0, 0.1) is 0 Å². The molecule has 1 N–H and O–H groups in total. The van der Waals surface area contributed by atoms with Gasteiger partial charge in [0, 0.05) is 10.0 Å². The molecule has 5 aromatic rings. The highest BCUT2D eigenvalue weighted by Gasteiger charge is 2.57. The van der Waals surface area contributed by atoms with E-state index in [2.05, 4.69) is 57.5 Å². The Morgan fingerprint density at radius 1 is 0.576 bits per heavy atom. The third kappa shape index (κ3) is 11.3. The Hall–Kier alpha value is -3.48. The van der Waals surface area contributed by atoms with E-state index in [1.165, 1.54) is 0 Å². The first-order valence-corrected chi connectivity index (χ1v) is 23.9. The largest absolute Gasteiger partial charge is 0.412 e. The molecule has 1 unspecified atom stereocenters. The van der Waals surface area contributed by atoms with E-state index in [9.17, 15) is 5.11 Å². The monoisotopic (exact) mass is 880 g/mol. The number of ether oxygens (including phenoxy) is 5. The van der Waals surface area contributed by atoms with Crippen molar-refractivity contribution in [2.24, 2.45) is 0 Å². The van der Waals surface area contributed by atoms with Crippen molar-refractivity contribution < 1.29 is 33.2 Å². The van der Waals surface area contributed by atoms with Crippen molar-refractivity contribution in [1.29, 1.82) is 0 Å². The first kappa shape index (κ1) is 45.1. The van der Waals surface area contributed by atoms with Gasteiger partial charge in [-0.25, -0.2) is 0 Å². The summed E-state index contributed by atoms with van der Waals surface area (Å²) in [5.74, 6) is -1.98. The van der Waals surface area contributed by atoms with Gasteiger partial charge in [0.2, 0.25) is 14.1 Å². The smallest absolute Gasteiger partial charge is 0.222 e. The van der Waals surface area contributed by atoms with Crippen LogP contribution in [0.2, 0.25) is 16.6 Å². The zero-order chi connectivity index (χ0) is 41.8. The number of benzene rings is 5. The van der Waals surface area contributed by atoms with Crippen LogP contribution in [-0.2, 0) is 66.9 Å². The molecular weight excluding hydrogens is 821 g/mol. The predicted octanol–water partition coefficient (Wildman–Crippen LogP) is 11.7. The minimum absolute atomic E-state index is 0.130. The van der Waals surface area contributed by atoms with Gasteiger partial charge in [-0.15, -0.1) is 0 Å². The maximum Gasteiger partial charge on any atom is 0.222 e. The van der Waals surface area contributed by atoms with Crippen molar-refractivity contribution in [2.45, 2.75) is 121 Å². The Balaban J connectivity index is 1.42. The number of halogens is 1. The fraction of sp³-hybridized carbons (Fsp3) is 0.400. The van der Waals surface area contributed by atoms with Gasteiger partial charge in [-0.05, 0) is 56.6 Å². The van der Waals surface area contributed by atoms with Crippen LogP contribution in [0.1, 0.15) is 74.9 Å². The van der Waals surface area contributed by atoms with E-state index in [0.717, 1.165) is 32.3 Å². The standard InChI is InChI=1S/C50H61BrO7Si/c1-36(2)59(37(3)4,38(5)6)57-34-43-29-44(27-28-45(43)51)50(52)49(56-33-42-25-17-10-18-26-42)48(55-32-41-23-15-9-16-24-41)47(54-31-40-21-13-8-14-22-40)46(58-50)35-53-30-39-19-11-7-12-20-39/h7-29,36-38,46-49,52H,30-35H2,1-6H3/t46-,47-,48+,49-,50?/m1/s1. The molecule has 0 aliphatic carbocycles. The summed E-state index contributed by atoms with van der Waals surface area (Å²) in [6.45, 7) is 15.4. The molecular formula is C50H61BrO7Si. The van der Waals surface area contributed by atoms with Crippen molar-refractivity contribution in [3.63, 3.8) is 0 Å². The Bertz CT molecular complexity index is 1960. The summed E-state index contributed by atoms with van der Waals surface area (Å²) in [5.41, 5.74) is 6.67. The number of aliphatic hydroxyl groups is 1. The fourth-order valence-electron chi connectivity index (χ4n) is 8.70. The molecule has 5 atom stereocenters. The molecule has 1 heterocycles. The van der Waals surface area contributed by atoms with Crippen LogP contribution in [0.5, 0.6) is 0 Å². The second kappa shape index (κ2) is 21.4. The Morgan fingerprint density at radius 2 is 1.02 bits per heavy atom. The van der Waals surface area contributed by atoms with Gasteiger partial charge >= 0.3 is 0 Å². The molecule has 1 aliphatic heterocycles. The van der Waals surface area contributed by atoms with Crippen LogP contribution in [0.3, 0.4) is 0 Å². The van der Waals surface area contributed by atoms with Crippen LogP contribution in [-0.4, -0.2) is 44.4 Å². The molecule has 314 valence electrons. The highest BCUT2D eigenvalue weighted by Crippen LogP contribution is 2.45. The Morgan fingerprint density at radius 3 is 1.49 bits per heavy atom. The molecule has 1 fully saturated rings. The molecule has 5 aromatic carbocycles. The second-order valence-corrected chi connectivity index (χ2v) is 22.8. The lowest BCUT2D eigenvalue weighted by Gasteiger charge is -2.50. The molecule has 0 spiro atoms. The van der Waals surface area contributed by atoms with E-state index < -0.39 is 38.5 Å². The molecule has 1 saturated heterocycles. The second-order valence-electron chi connectivity index (χ2n) is 16.5. The normalized spacial score (nSPS) is 21.1. The quantitative estimate of drug-likeness (QED) is 0.0781. The summed E-state index contributed by atoms with van der Waals surface area (Å²) in [6.07, 6.45) is -3.26. The molecule has 59 heavy (non-hydrogen) atoms. The summed E-state index contributed by atoms with van der Waals surface area (Å²) < 4.78 is 42.0. The molecule has 0 radical (unpaired) electrons. The summed E-state index contributed by atoms with van der Waals surface area (Å²) in [7, 11) is -2.22. The van der Waals surface area contributed by atoms with Gasteiger partial charge in [-0.1, -0.05) is 185 Å². The highest BCUT2D eigenvalue weighted by molar-refractivity contribution is 9.10. The van der Waals surface area contributed by atoms with Crippen LogP contribution in [0.25, 0.3) is 0 Å². The summed E-state index contributed by atoms with van der Waals surface area (Å²) in [5, 5.41) is 13.4. The minimum atomic E-state index is -2.22. The molecule has 6 rings (SSSR count). The van der Waals surface area contributed by atoms with Gasteiger partial charge in [-0.3, -0.25) is 0 Å². The van der Waals surface area contributed by atoms with E-state index in [1.807, 2.05) is 140 Å². The first-order chi connectivity index (χ1) is 28.5. The average molecular weight is 882 g/mol. The van der Waals surface area contributed by atoms with E-state index in [1.54, 1.807) is 0 Å². The van der Waals surface area contributed by atoms with Gasteiger partial charge in [0.1, 0.15) is 24.4 Å². The summed E-state index contributed by atoms with van der Waals surface area (Å²) in [4.78, 5) is 0. The molecule has 9 heteroatoms. The van der Waals surface area contributed by atoms with Gasteiger partial charge < -0.3 is 33.2 Å². The van der Waals surface area contributed by atoms with Crippen LogP contribution < -0.4 is 0 Å². The minimum Gasteiger partial charge on any atom is -0.412 e. The first-order valence-electron chi connectivity index (χ1n) is 20.9. The van der Waals surface area contributed by atoms with Crippen molar-refractivity contribution in [2.75, 3.05) is 6.61 Å². The summed E-state index contributed by atoms with van der Waals surface area (Å²) in [6, 6.07) is 45.9. The zero-order valence-corrected chi connectivity index (χ0v) is 37.9. The van der Waals surface area contributed by atoms with E-state index in [-0.39, 0.29) is 19.8 Å². The van der Waals surface area contributed by atoms with Gasteiger partial charge in [0.25, 0.3) is 0 Å². The van der Waals surface area contributed by atoms with Crippen molar-refractivity contribution in [3.05, 3.63) is 177 Å². The third-order valence-electron chi connectivity index (χ3n) is 11.6. The van der Waals surface area contributed by atoms with Crippen molar-refractivity contribution in [1.82, 2.24) is 0 Å². The third-order valence-corrected chi connectivity index (χ3v) is 18.4. The number of hydrogen-bond donors (Lipinski definition) is 1.